The van der Waals surface area contributed by atoms with Gasteiger partial charge in [-0.05, 0) is 30.6 Å². The van der Waals surface area contributed by atoms with Crippen molar-refractivity contribution < 1.29 is 14.7 Å². The maximum Gasteiger partial charge on any atom is 0.317 e. The molecule has 4 atom stereocenters. The maximum absolute atomic E-state index is 12.1. The van der Waals surface area contributed by atoms with Crippen molar-refractivity contribution in [2.45, 2.75) is 39.5 Å². The second-order valence-electron chi connectivity index (χ2n) is 6.65. The van der Waals surface area contributed by atoms with Gasteiger partial charge in [0.2, 0.25) is 0 Å². The summed E-state index contributed by atoms with van der Waals surface area (Å²) in [6, 6.07) is -0.0983. The maximum atomic E-state index is 12.1. The molecule has 114 valence electrons. The normalized spacial score (nSPS) is 34.0. The van der Waals surface area contributed by atoms with E-state index in [4.69, 9.17) is 5.11 Å². The van der Waals surface area contributed by atoms with E-state index in [1.807, 2.05) is 6.92 Å². The second kappa shape index (κ2) is 6.46. The third-order valence-corrected chi connectivity index (χ3v) is 4.80. The van der Waals surface area contributed by atoms with Crippen LogP contribution >= 0.6 is 0 Å². The summed E-state index contributed by atoms with van der Waals surface area (Å²) in [6.45, 7) is 5.78. The lowest BCUT2D eigenvalue weighted by molar-refractivity contribution is -0.142. The van der Waals surface area contributed by atoms with Crippen molar-refractivity contribution in [3.63, 3.8) is 0 Å². The molecule has 5 heteroatoms. The Balaban J connectivity index is 1.76. The van der Waals surface area contributed by atoms with Gasteiger partial charge >= 0.3 is 12.0 Å². The number of aliphatic carboxylic acids is 1. The number of amides is 2. The largest absolute Gasteiger partial charge is 0.481 e. The van der Waals surface area contributed by atoms with Gasteiger partial charge in [0.25, 0.3) is 0 Å². The van der Waals surface area contributed by atoms with Gasteiger partial charge in [-0.2, -0.15) is 0 Å². The minimum Gasteiger partial charge on any atom is -0.481 e. The van der Waals surface area contributed by atoms with Crippen LogP contribution in [0.3, 0.4) is 0 Å². The number of urea groups is 1. The first-order valence-electron chi connectivity index (χ1n) is 7.73. The van der Waals surface area contributed by atoms with Crippen LogP contribution in [0.5, 0.6) is 0 Å². The summed E-state index contributed by atoms with van der Waals surface area (Å²) < 4.78 is 0. The van der Waals surface area contributed by atoms with Crippen molar-refractivity contribution in [1.82, 2.24) is 10.2 Å². The lowest BCUT2D eigenvalue weighted by atomic mass is 9.82. The lowest BCUT2D eigenvalue weighted by Gasteiger charge is -2.27. The number of nitrogens with one attached hydrogen (secondary N) is 1. The van der Waals surface area contributed by atoms with Gasteiger partial charge in [-0.1, -0.05) is 26.7 Å². The van der Waals surface area contributed by atoms with Gasteiger partial charge in [0.1, 0.15) is 0 Å². The van der Waals surface area contributed by atoms with Gasteiger partial charge in [0, 0.05) is 19.6 Å². The Hall–Kier alpha value is -1.26. The number of carboxylic acids is 1. The van der Waals surface area contributed by atoms with Crippen LogP contribution in [0.2, 0.25) is 0 Å². The molecule has 0 bridgehead atoms. The van der Waals surface area contributed by atoms with E-state index in [9.17, 15) is 9.59 Å². The molecule has 2 aliphatic rings. The average molecular weight is 282 g/mol. The molecule has 2 amide bonds. The molecule has 0 spiro atoms. The van der Waals surface area contributed by atoms with E-state index in [0.717, 1.165) is 12.5 Å². The van der Waals surface area contributed by atoms with Crippen LogP contribution in [0, 0.1) is 23.7 Å². The van der Waals surface area contributed by atoms with E-state index < -0.39 is 11.9 Å². The first-order valence-corrected chi connectivity index (χ1v) is 7.73. The molecule has 1 aliphatic heterocycles. The quantitative estimate of drug-likeness (QED) is 0.833. The number of hydrogen-bond acceptors (Lipinski definition) is 2. The van der Waals surface area contributed by atoms with Crippen LogP contribution in [0.15, 0.2) is 0 Å². The number of nitrogens with zero attached hydrogens (tertiary/aromatic N) is 1. The van der Waals surface area contributed by atoms with Crippen LogP contribution in [0.25, 0.3) is 0 Å². The summed E-state index contributed by atoms with van der Waals surface area (Å²) in [7, 11) is 0. The van der Waals surface area contributed by atoms with Gasteiger partial charge in [-0.25, -0.2) is 4.79 Å². The Morgan fingerprint density at radius 3 is 2.60 bits per heavy atom. The third-order valence-electron chi connectivity index (χ3n) is 4.80. The first kappa shape index (κ1) is 15.1. The Morgan fingerprint density at radius 2 is 2.00 bits per heavy atom. The molecule has 1 saturated carbocycles. The van der Waals surface area contributed by atoms with E-state index in [2.05, 4.69) is 12.2 Å². The molecule has 0 aromatic heterocycles. The molecule has 5 nitrogen and oxygen atoms in total. The van der Waals surface area contributed by atoms with Crippen molar-refractivity contribution in [2.75, 3.05) is 19.6 Å². The topological polar surface area (TPSA) is 69.6 Å². The van der Waals surface area contributed by atoms with Gasteiger partial charge in [-0.15, -0.1) is 0 Å². The van der Waals surface area contributed by atoms with Crippen LogP contribution in [0.4, 0.5) is 4.79 Å². The number of rotatable bonds is 3. The van der Waals surface area contributed by atoms with Crippen LogP contribution in [-0.4, -0.2) is 41.6 Å². The Morgan fingerprint density at radius 1 is 1.25 bits per heavy atom. The molecule has 1 heterocycles. The second-order valence-corrected chi connectivity index (χ2v) is 6.65. The Labute approximate surface area is 120 Å². The monoisotopic (exact) mass is 282 g/mol. The summed E-state index contributed by atoms with van der Waals surface area (Å²) in [5, 5.41) is 12.1. The van der Waals surface area contributed by atoms with E-state index in [-0.39, 0.29) is 11.9 Å². The number of carbonyl (C=O) groups excluding carboxylic acids is 1. The van der Waals surface area contributed by atoms with Gasteiger partial charge in [-0.3, -0.25) is 4.79 Å². The number of carbonyl (C=O) groups is 2. The molecular weight excluding hydrogens is 256 g/mol. The number of likely N-dealkylation sites (tertiary alicyclic amines) is 1. The van der Waals surface area contributed by atoms with Crippen LogP contribution in [0.1, 0.15) is 39.5 Å². The van der Waals surface area contributed by atoms with Gasteiger partial charge < -0.3 is 15.3 Å². The minimum absolute atomic E-state index is 0.0351. The highest BCUT2D eigenvalue weighted by Crippen LogP contribution is 2.28. The van der Waals surface area contributed by atoms with Crippen molar-refractivity contribution in [2.24, 2.45) is 23.7 Å². The van der Waals surface area contributed by atoms with Gasteiger partial charge in [0.05, 0.1) is 5.92 Å². The lowest BCUT2D eigenvalue weighted by Crippen LogP contribution is -2.41. The summed E-state index contributed by atoms with van der Waals surface area (Å²) in [6.07, 6.45) is 4.94. The van der Waals surface area contributed by atoms with E-state index in [1.54, 1.807) is 4.90 Å². The van der Waals surface area contributed by atoms with E-state index in [1.165, 1.54) is 25.7 Å². The smallest absolute Gasteiger partial charge is 0.317 e. The fraction of sp³-hybridized carbons (Fsp3) is 0.867. The third kappa shape index (κ3) is 3.64. The molecule has 20 heavy (non-hydrogen) atoms. The van der Waals surface area contributed by atoms with E-state index >= 15 is 0 Å². The zero-order chi connectivity index (χ0) is 14.7. The highest BCUT2D eigenvalue weighted by atomic mass is 16.4. The number of hydrogen-bond donors (Lipinski definition) is 2. The molecule has 0 radical (unpaired) electrons. The van der Waals surface area contributed by atoms with Crippen molar-refractivity contribution in [3.8, 4) is 0 Å². The Kier molecular flexibility index (Phi) is 4.89. The van der Waals surface area contributed by atoms with Crippen molar-refractivity contribution >= 4 is 12.0 Å². The van der Waals surface area contributed by atoms with E-state index in [0.29, 0.717) is 19.0 Å². The van der Waals surface area contributed by atoms with Crippen LogP contribution in [-0.2, 0) is 4.79 Å². The molecule has 0 aromatic rings. The standard InChI is InChI=1S/C15H26N2O3/c1-10-4-3-5-12(6-10)7-16-15(20)17-8-11(2)13(9-17)14(18)19/h10-13H,3-9H2,1-2H3,(H,16,20)(H,18,19). The minimum atomic E-state index is -0.797. The predicted octanol–water partition coefficient (Wildman–Crippen LogP) is 2.17. The predicted molar refractivity (Wildman–Crippen MR) is 76.4 cm³/mol. The summed E-state index contributed by atoms with van der Waals surface area (Å²) in [5.41, 5.74) is 0. The molecule has 1 aliphatic carbocycles. The molecule has 1 saturated heterocycles. The molecule has 2 fully saturated rings. The molecular formula is C15H26N2O3. The van der Waals surface area contributed by atoms with Gasteiger partial charge in [0.15, 0.2) is 0 Å². The molecule has 4 unspecified atom stereocenters. The number of carboxylic acid groups (broad SMARTS) is 1. The SMILES string of the molecule is CC1CCCC(CNC(=O)N2CC(C)C(C(=O)O)C2)C1. The zero-order valence-electron chi connectivity index (χ0n) is 12.5. The molecule has 2 N–H and O–H groups in total. The fourth-order valence-electron chi connectivity index (χ4n) is 3.54. The highest BCUT2D eigenvalue weighted by molar-refractivity contribution is 5.77. The van der Waals surface area contributed by atoms with Crippen molar-refractivity contribution in [1.29, 1.82) is 0 Å². The van der Waals surface area contributed by atoms with Crippen LogP contribution < -0.4 is 5.32 Å². The average Bonchev–Trinajstić information content (AvgIpc) is 2.78. The summed E-state index contributed by atoms with van der Waals surface area (Å²) in [4.78, 5) is 24.8. The first-order chi connectivity index (χ1) is 9.47. The summed E-state index contributed by atoms with van der Waals surface area (Å²) in [5.74, 6) is 0.157. The summed E-state index contributed by atoms with van der Waals surface area (Å²) >= 11 is 0. The molecule has 0 aromatic carbocycles. The Bertz CT molecular complexity index is 372. The highest BCUT2D eigenvalue weighted by Gasteiger charge is 2.37. The molecule has 2 rings (SSSR count). The van der Waals surface area contributed by atoms with Crippen molar-refractivity contribution in [3.05, 3.63) is 0 Å². The fourth-order valence-corrected chi connectivity index (χ4v) is 3.54. The zero-order valence-corrected chi connectivity index (χ0v) is 12.5.